The molecule has 2 amide bonds. The number of hydrogen-bond acceptors (Lipinski definition) is 6. The zero-order valence-corrected chi connectivity index (χ0v) is 18.2. The highest BCUT2D eigenvalue weighted by molar-refractivity contribution is 5.89. The first-order chi connectivity index (χ1) is 15.5. The Bertz CT molecular complexity index is 828. The van der Waals surface area contributed by atoms with Gasteiger partial charge in [0.05, 0.1) is 26.4 Å². The molecule has 1 aromatic rings. The van der Waals surface area contributed by atoms with E-state index >= 15 is 0 Å². The Morgan fingerprint density at radius 1 is 1.16 bits per heavy atom. The standard InChI is InChI=1S/C23H31N3O6/c27-20(7-4-10-32-17-5-2-1-3-6-17)24-15-21(28)26-18(22(29)30)13-23(14-19(23)26)16-25-8-11-31-12-9-25/h1-3,5-6,18-19H,4,7-16H2,(H,24,27)(H,29,30)/t18-,19-,23+/m0/s1. The predicted octanol–water partition coefficient (Wildman–Crippen LogP) is 0.738. The molecule has 4 rings (SSSR count). The van der Waals surface area contributed by atoms with Crippen LogP contribution < -0.4 is 10.1 Å². The molecule has 1 aromatic carbocycles. The molecule has 2 aliphatic heterocycles. The van der Waals surface area contributed by atoms with Gasteiger partial charge in [-0.1, -0.05) is 18.2 Å². The number of rotatable bonds is 10. The molecular weight excluding hydrogens is 414 g/mol. The fraction of sp³-hybridized carbons (Fsp3) is 0.609. The summed E-state index contributed by atoms with van der Waals surface area (Å²) in [4.78, 5) is 40.6. The van der Waals surface area contributed by atoms with Crippen molar-refractivity contribution >= 4 is 17.8 Å². The number of nitrogens with one attached hydrogen (secondary N) is 1. The van der Waals surface area contributed by atoms with Crippen LogP contribution in [0.3, 0.4) is 0 Å². The number of piperidine rings is 1. The van der Waals surface area contributed by atoms with Gasteiger partial charge < -0.3 is 24.8 Å². The molecule has 32 heavy (non-hydrogen) atoms. The molecule has 2 heterocycles. The van der Waals surface area contributed by atoms with E-state index in [9.17, 15) is 19.5 Å². The summed E-state index contributed by atoms with van der Waals surface area (Å²) in [5.41, 5.74) is -0.144. The molecule has 3 aliphatic rings. The summed E-state index contributed by atoms with van der Waals surface area (Å²) in [6.07, 6.45) is 2.07. The Kier molecular flexibility index (Phi) is 6.95. The number of aliphatic carboxylic acids is 1. The first kappa shape index (κ1) is 22.5. The first-order valence-corrected chi connectivity index (χ1v) is 11.3. The highest BCUT2D eigenvalue weighted by Crippen LogP contribution is 2.59. The van der Waals surface area contributed by atoms with Gasteiger partial charge in [-0.05, 0) is 31.4 Å². The number of hydrogen-bond donors (Lipinski definition) is 2. The van der Waals surface area contributed by atoms with E-state index in [0.29, 0.717) is 32.7 Å². The third-order valence-electron chi connectivity index (χ3n) is 6.63. The molecule has 2 N–H and O–H groups in total. The van der Waals surface area contributed by atoms with E-state index in [1.165, 1.54) is 4.90 Å². The maximum Gasteiger partial charge on any atom is 0.326 e. The van der Waals surface area contributed by atoms with Crippen LogP contribution in [-0.2, 0) is 19.1 Å². The van der Waals surface area contributed by atoms with E-state index < -0.39 is 12.0 Å². The number of carboxylic acids is 1. The van der Waals surface area contributed by atoms with Crippen molar-refractivity contribution in [2.24, 2.45) is 5.41 Å². The van der Waals surface area contributed by atoms with Gasteiger partial charge in [-0.2, -0.15) is 0 Å². The van der Waals surface area contributed by atoms with Crippen molar-refractivity contribution in [2.75, 3.05) is 46.0 Å². The maximum atomic E-state index is 12.8. The van der Waals surface area contributed by atoms with Crippen LogP contribution in [0, 0.1) is 5.41 Å². The number of ether oxygens (including phenoxy) is 2. The number of carboxylic acid groups (broad SMARTS) is 1. The Balaban J connectivity index is 1.22. The quantitative estimate of drug-likeness (QED) is 0.512. The molecule has 9 nitrogen and oxygen atoms in total. The van der Waals surface area contributed by atoms with Gasteiger partial charge in [0.15, 0.2) is 0 Å². The highest BCUT2D eigenvalue weighted by atomic mass is 16.5. The molecule has 3 fully saturated rings. The van der Waals surface area contributed by atoms with Crippen molar-refractivity contribution in [3.63, 3.8) is 0 Å². The number of carbonyl (C=O) groups is 3. The van der Waals surface area contributed by atoms with Crippen molar-refractivity contribution in [2.45, 2.75) is 37.8 Å². The lowest BCUT2D eigenvalue weighted by atomic mass is 9.98. The fourth-order valence-corrected chi connectivity index (χ4v) is 4.93. The average Bonchev–Trinajstić information content (AvgIpc) is 3.39. The van der Waals surface area contributed by atoms with E-state index in [2.05, 4.69) is 10.2 Å². The van der Waals surface area contributed by atoms with Gasteiger partial charge in [0.25, 0.3) is 0 Å². The number of benzene rings is 1. The van der Waals surface area contributed by atoms with Crippen molar-refractivity contribution < 1.29 is 29.0 Å². The Labute approximate surface area is 187 Å². The Hall–Kier alpha value is -2.65. The maximum absolute atomic E-state index is 12.8. The minimum absolute atomic E-state index is 0.0601. The number of likely N-dealkylation sites (tertiary alicyclic amines) is 1. The summed E-state index contributed by atoms with van der Waals surface area (Å²) in [6.45, 7) is 4.08. The van der Waals surface area contributed by atoms with Crippen LogP contribution in [0.15, 0.2) is 30.3 Å². The molecule has 2 saturated heterocycles. The third kappa shape index (κ3) is 5.21. The molecule has 0 bridgehead atoms. The third-order valence-corrected chi connectivity index (χ3v) is 6.63. The SMILES string of the molecule is O=C(CCCOc1ccccc1)NCC(=O)N1[C@H]2C[C@@]2(CN2CCOCC2)C[C@H]1C(=O)O. The smallest absolute Gasteiger partial charge is 0.326 e. The van der Waals surface area contributed by atoms with Crippen molar-refractivity contribution in [1.82, 2.24) is 15.1 Å². The minimum Gasteiger partial charge on any atom is -0.494 e. The van der Waals surface area contributed by atoms with E-state index in [1.807, 2.05) is 30.3 Å². The molecule has 0 unspecified atom stereocenters. The van der Waals surface area contributed by atoms with Crippen LogP contribution in [-0.4, -0.2) is 90.8 Å². The zero-order chi connectivity index (χ0) is 22.6. The van der Waals surface area contributed by atoms with E-state index in [0.717, 1.165) is 31.8 Å². The van der Waals surface area contributed by atoms with Gasteiger partial charge in [0, 0.05) is 37.5 Å². The van der Waals surface area contributed by atoms with E-state index in [4.69, 9.17) is 9.47 Å². The number of amides is 2. The number of fused-ring (bicyclic) bond motifs is 1. The van der Waals surface area contributed by atoms with Crippen LogP contribution in [0.5, 0.6) is 5.75 Å². The van der Waals surface area contributed by atoms with Gasteiger partial charge in [-0.3, -0.25) is 14.5 Å². The molecule has 174 valence electrons. The second-order valence-electron chi connectivity index (χ2n) is 8.87. The summed E-state index contributed by atoms with van der Waals surface area (Å²) in [6, 6.07) is 8.49. The molecule has 3 atom stereocenters. The fourth-order valence-electron chi connectivity index (χ4n) is 4.93. The number of para-hydroxylation sites is 1. The number of carbonyl (C=O) groups excluding carboxylic acids is 2. The second kappa shape index (κ2) is 9.87. The summed E-state index contributed by atoms with van der Waals surface area (Å²) in [7, 11) is 0. The van der Waals surface area contributed by atoms with Gasteiger partial charge in [0.2, 0.25) is 11.8 Å². The lowest BCUT2D eigenvalue weighted by molar-refractivity contribution is -0.149. The molecule has 0 aromatic heterocycles. The van der Waals surface area contributed by atoms with Crippen molar-refractivity contribution in [3.05, 3.63) is 30.3 Å². The van der Waals surface area contributed by atoms with Crippen LogP contribution in [0.1, 0.15) is 25.7 Å². The van der Waals surface area contributed by atoms with Gasteiger partial charge in [-0.25, -0.2) is 4.79 Å². The minimum atomic E-state index is -0.976. The van der Waals surface area contributed by atoms with Gasteiger partial charge >= 0.3 is 5.97 Å². The van der Waals surface area contributed by atoms with Gasteiger partial charge in [-0.15, -0.1) is 0 Å². The van der Waals surface area contributed by atoms with Crippen LogP contribution in [0.2, 0.25) is 0 Å². The number of morpholine rings is 1. The predicted molar refractivity (Wildman–Crippen MR) is 115 cm³/mol. The van der Waals surface area contributed by atoms with Crippen LogP contribution in [0.4, 0.5) is 0 Å². The molecule has 9 heteroatoms. The summed E-state index contributed by atoms with van der Waals surface area (Å²) in [5, 5.41) is 12.3. The lowest BCUT2D eigenvalue weighted by Crippen LogP contribution is -2.47. The Morgan fingerprint density at radius 3 is 2.62 bits per heavy atom. The van der Waals surface area contributed by atoms with Crippen LogP contribution in [0.25, 0.3) is 0 Å². The molecule has 1 aliphatic carbocycles. The van der Waals surface area contributed by atoms with Crippen molar-refractivity contribution in [3.8, 4) is 5.75 Å². The normalized spacial score (nSPS) is 26.9. The second-order valence-corrected chi connectivity index (χ2v) is 8.87. The van der Waals surface area contributed by atoms with Crippen molar-refractivity contribution in [1.29, 1.82) is 0 Å². The average molecular weight is 446 g/mol. The first-order valence-electron chi connectivity index (χ1n) is 11.3. The van der Waals surface area contributed by atoms with Crippen LogP contribution >= 0.6 is 0 Å². The summed E-state index contributed by atoms with van der Waals surface area (Å²) in [5.74, 6) is -0.785. The number of nitrogens with zero attached hydrogens (tertiary/aromatic N) is 2. The molecule has 1 saturated carbocycles. The van der Waals surface area contributed by atoms with E-state index in [-0.39, 0.29) is 36.2 Å². The largest absolute Gasteiger partial charge is 0.494 e. The van der Waals surface area contributed by atoms with E-state index in [1.54, 1.807) is 0 Å². The van der Waals surface area contributed by atoms with Gasteiger partial charge in [0.1, 0.15) is 11.8 Å². The molecule has 0 radical (unpaired) electrons. The summed E-state index contributed by atoms with van der Waals surface area (Å²) >= 11 is 0. The lowest BCUT2D eigenvalue weighted by Gasteiger charge is -2.29. The Morgan fingerprint density at radius 2 is 1.91 bits per heavy atom. The summed E-state index contributed by atoms with van der Waals surface area (Å²) < 4.78 is 11.0. The zero-order valence-electron chi connectivity index (χ0n) is 18.2. The molecule has 0 spiro atoms. The molecular formula is C23H31N3O6. The topological polar surface area (TPSA) is 108 Å². The highest BCUT2D eigenvalue weighted by Gasteiger charge is 2.67. The monoisotopic (exact) mass is 445 g/mol.